The van der Waals surface area contributed by atoms with Gasteiger partial charge in [-0.3, -0.25) is 4.98 Å². The molecule has 0 bridgehead atoms. The molecule has 0 aliphatic carbocycles. The maximum Gasteiger partial charge on any atom is 0.147 e. The number of hydrogen-bond donors (Lipinski definition) is 1. The third-order valence-corrected chi connectivity index (χ3v) is 3.06. The van der Waals surface area contributed by atoms with Crippen molar-refractivity contribution >= 4 is 5.82 Å². The molecule has 82 valence electrons. The van der Waals surface area contributed by atoms with E-state index in [1.165, 1.54) is 12.8 Å². The van der Waals surface area contributed by atoms with Crippen LogP contribution in [0.25, 0.3) is 0 Å². The maximum atomic E-state index is 5.57. The lowest BCUT2D eigenvalue weighted by atomic mass is 9.94. The molecule has 1 aromatic heterocycles. The molecule has 1 saturated heterocycles. The third kappa shape index (κ3) is 2.65. The molecule has 4 heteroatoms. The van der Waals surface area contributed by atoms with Crippen LogP contribution in [0.3, 0.4) is 0 Å². The summed E-state index contributed by atoms with van der Waals surface area (Å²) in [4.78, 5) is 10.7. The molecule has 0 atom stereocenters. The topological polar surface area (TPSA) is 55.0 Å². The van der Waals surface area contributed by atoms with Crippen LogP contribution in [0.15, 0.2) is 18.6 Å². The van der Waals surface area contributed by atoms with Gasteiger partial charge in [0.1, 0.15) is 5.82 Å². The summed E-state index contributed by atoms with van der Waals surface area (Å²) in [7, 11) is 0. The fraction of sp³-hybridized carbons (Fsp3) is 0.636. The fourth-order valence-electron chi connectivity index (χ4n) is 2.14. The van der Waals surface area contributed by atoms with Crippen LogP contribution in [-0.2, 0) is 0 Å². The SMILES string of the molecule is NCCC1CCN(c2cnccn2)CC1. The normalized spacial score (nSPS) is 18.1. The monoisotopic (exact) mass is 206 g/mol. The standard InChI is InChI=1S/C11H18N4/c12-4-1-10-2-7-15(8-3-10)11-9-13-5-6-14-11/h5-6,9-10H,1-4,7-8,12H2. The van der Waals surface area contributed by atoms with Crippen molar-refractivity contribution in [2.24, 2.45) is 11.7 Å². The van der Waals surface area contributed by atoms with Crippen molar-refractivity contribution in [2.75, 3.05) is 24.5 Å². The van der Waals surface area contributed by atoms with Crippen molar-refractivity contribution in [3.05, 3.63) is 18.6 Å². The summed E-state index contributed by atoms with van der Waals surface area (Å²) in [5, 5.41) is 0. The predicted octanol–water partition coefficient (Wildman–Crippen LogP) is 1.04. The Morgan fingerprint density at radius 1 is 1.33 bits per heavy atom. The molecule has 0 radical (unpaired) electrons. The molecule has 1 aliphatic rings. The lowest BCUT2D eigenvalue weighted by Gasteiger charge is -2.32. The summed E-state index contributed by atoms with van der Waals surface area (Å²) in [6, 6.07) is 0. The molecule has 2 rings (SSSR count). The molecule has 2 heterocycles. The molecule has 15 heavy (non-hydrogen) atoms. The molecule has 0 aromatic carbocycles. The molecular formula is C11H18N4. The zero-order valence-corrected chi connectivity index (χ0v) is 8.97. The maximum absolute atomic E-state index is 5.57. The van der Waals surface area contributed by atoms with Gasteiger partial charge in [-0.15, -0.1) is 0 Å². The van der Waals surface area contributed by atoms with Gasteiger partial charge in [-0.1, -0.05) is 0 Å². The van der Waals surface area contributed by atoms with Crippen LogP contribution in [0, 0.1) is 5.92 Å². The lowest BCUT2D eigenvalue weighted by Crippen LogP contribution is -2.34. The Morgan fingerprint density at radius 2 is 2.13 bits per heavy atom. The van der Waals surface area contributed by atoms with Gasteiger partial charge in [0.25, 0.3) is 0 Å². The molecule has 0 unspecified atom stereocenters. The van der Waals surface area contributed by atoms with Crippen molar-refractivity contribution in [3.8, 4) is 0 Å². The highest BCUT2D eigenvalue weighted by Gasteiger charge is 2.19. The first-order valence-electron chi connectivity index (χ1n) is 5.61. The fourth-order valence-corrected chi connectivity index (χ4v) is 2.14. The van der Waals surface area contributed by atoms with Gasteiger partial charge in [-0.05, 0) is 31.7 Å². The van der Waals surface area contributed by atoms with Crippen molar-refractivity contribution in [1.82, 2.24) is 9.97 Å². The summed E-state index contributed by atoms with van der Waals surface area (Å²) in [6.45, 7) is 2.99. The predicted molar refractivity (Wildman–Crippen MR) is 60.6 cm³/mol. The summed E-state index contributed by atoms with van der Waals surface area (Å²) in [5.41, 5.74) is 5.57. The molecule has 0 spiro atoms. The second-order valence-corrected chi connectivity index (χ2v) is 4.07. The Morgan fingerprint density at radius 3 is 2.73 bits per heavy atom. The van der Waals surface area contributed by atoms with E-state index < -0.39 is 0 Å². The quantitative estimate of drug-likeness (QED) is 0.803. The highest BCUT2D eigenvalue weighted by Crippen LogP contribution is 2.22. The molecular weight excluding hydrogens is 188 g/mol. The van der Waals surface area contributed by atoms with Crippen LogP contribution in [-0.4, -0.2) is 29.6 Å². The van der Waals surface area contributed by atoms with E-state index in [0.29, 0.717) is 0 Å². The largest absolute Gasteiger partial charge is 0.355 e. The average molecular weight is 206 g/mol. The Bertz CT molecular complexity index is 280. The highest BCUT2D eigenvalue weighted by molar-refractivity contribution is 5.35. The van der Waals surface area contributed by atoms with Crippen LogP contribution in [0.2, 0.25) is 0 Å². The van der Waals surface area contributed by atoms with Gasteiger partial charge in [0.2, 0.25) is 0 Å². The van der Waals surface area contributed by atoms with E-state index in [2.05, 4.69) is 14.9 Å². The van der Waals surface area contributed by atoms with Gasteiger partial charge >= 0.3 is 0 Å². The van der Waals surface area contributed by atoms with Crippen LogP contribution in [0.1, 0.15) is 19.3 Å². The Labute approximate surface area is 90.5 Å². The summed E-state index contributed by atoms with van der Waals surface area (Å²) < 4.78 is 0. The van der Waals surface area contributed by atoms with Crippen LogP contribution >= 0.6 is 0 Å². The molecule has 1 aromatic rings. The molecule has 1 aliphatic heterocycles. The number of rotatable bonds is 3. The van der Waals surface area contributed by atoms with Gasteiger partial charge < -0.3 is 10.6 Å². The van der Waals surface area contributed by atoms with E-state index in [1.54, 1.807) is 12.4 Å². The summed E-state index contributed by atoms with van der Waals surface area (Å²) in [5.74, 6) is 1.81. The van der Waals surface area contributed by atoms with Gasteiger partial charge in [-0.2, -0.15) is 0 Å². The lowest BCUT2D eigenvalue weighted by molar-refractivity contribution is 0.385. The van der Waals surface area contributed by atoms with Crippen molar-refractivity contribution < 1.29 is 0 Å². The zero-order chi connectivity index (χ0) is 10.5. The third-order valence-electron chi connectivity index (χ3n) is 3.06. The highest BCUT2D eigenvalue weighted by atomic mass is 15.2. The minimum Gasteiger partial charge on any atom is -0.355 e. The number of nitrogens with two attached hydrogens (primary N) is 1. The first kappa shape index (κ1) is 10.4. The number of nitrogens with zero attached hydrogens (tertiary/aromatic N) is 3. The van der Waals surface area contributed by atoms with Crippen molar-refractivity contribution in [1.29, 1.82) is 0 Å². The molecule has 2 N–H and O–H groups in total. The molecule has 0 saturated carbocycles. The van der Waals surface area contributed by atoms with Crippen molar-refractivity contribution in [3.63, 3.8) is 0 Å². The summed E-state index contributed by atoms with van der Waals surface area (Å²) >= 11 is 0. The molecule has 0 amide bonds. The van der Waals surface area contributed by atoms with E-state index in [0.717, 1.165) is 37.8 Å². The summed E-state index contributed by atoms with van der Waals surface area (Å²) in [6.07, 6.45) is 8.92. The molecule has 4 nitrogen and oxygen atoms in total. The first-order valence-corrected chi connectivity index (χ1v) is 5.61. The average Bonchev–Trinajstić information content (AvgIpc) is 2.32. The van der Waals surface area contributed by atoms with Crippen LogP contribution < -0.4 is 10.6 Å². The van der Waals surface area contributed by atoms with Crippen LogP contribution in [0.4, 0.5) is 5.82 Å². The first-order chi connectivity index (χ1) is 7.40. The van der Waals surface area contributed by atoms with Crippen molar-refractivity contribution in [2.45, 2.75) is 19.3 Å². The van der Waals surface area contributed by atoms with Crippen LogP contribution in [0.5, 0.6) is 0 Å². The second-order valence-electron chi connectivity index (χ2n) is 4.07. The number of aromatic nitrogens is 2. The minimum atomic E-state index is 0.808. The Hall–Kier alpha value is -1.16. The van der Waals surface area contributed by atoms with Gasteiger partial charge in [0.05, 0.1) is 6.20 Å². The number of piperidine rings is 1. The smallest absolute Gasteiger partial charge is 0.147 e. The zero-order valence-electron chi connectivity index (χ0n) is 8.97. The van der Waals surface area contributed by atoms with E-state index in [-0.39, 0.29) is 0 Å². The van der Waals surface area contributed by atoms with Gasteiger partial charge in [0, 0.05) is 25.5 Å². The van der Waals surface area contributed by atoms with E-state index in [4.69, 9.17) is 5.73 Å². The molecule has 1 fully saturated rings. The number of anilines is 1. The van der Waals surface area contributed by atoms with E-state index >= 15 is 0 Å². The Balaban J connectivity index is 1.88. The number of hydrogen-bond acceptors (Lipinski definition) is 4. The van der Waals surface area contributed by atoms with E-state index in [9.17, 15) is 0 Å². The minimum absolute atomic E-state index is 0.808. The second kappa shape index (κ2) is 5.07. The Kier molecular flexibility index (Phi) is 3.50. The van der Waals surface area contributed by atoms with Gasteiger partial charge in [-0.25, -0.2) is 4.98 Å². The van der Waals surface area contributed by atoms with E-state index in [1.807, 2.05) is 6.20 Å². The van der Waals surface area contributed by atoms with Gasteiger partial charge in [0.15, 0.2) is 0 Å².